The molecule has 0 radical (unpaired) electrons. The molecule has 0 aliphatic carbocycles. The number of carboxylic acids is 1. The van der Waals surface area contributed by atoms with Crippen LogP contribution in [0.4, 0.5) is 4.39 Å². The quantitative estimate of drug-likeness (QED) is 0.826. The molecule has 98 valence electrons. The highest BCUT2D eigenvalue weighted by Gasteiger charge is 2.18. The average Bonchev–Trinajstić information content (AvgIpc) is 2.34. The Kier molecular flexibility index (Phi) is 3.94. The number of benzene rings is 1. The molecule has 0 bridgehead atoms. The highest BCUT2D eigenvalue weighted by molar-refractivity contribution is 6.44. The van der Waals surface area contributed by atoms with E-state index >= 15 is 0 Å². The Morgan fingerprint density at radius 2 is 1.74 bits per heavy atom. The lowest BCUT2D eigenvalue weighted by Gasteiger charge is -2.09. The van der Waals surface area contributed by atoms with Gasteiger partial charge in [-0.3, -0.25) is 4.98 Å². The minimum Gasteiger partial charge on any atom is -0.478 e. The van der Waals surface area contributed by atoms with Crippen LogP contribution in [0.15, 0.2) is 24.4 Å². The van der Waals surface area contributed by atoms with Gasteiger partial charge < -0.3 is 5.11 Å². The summed E-state index contributed by atoms with van der Waals surface area (Å²) in [4.78, 5) is 14.9. The Morgan fingerprint density at radius 3 is 2.37 bits per heavy atom. The minimum atomic E-state index is -1.32. The molecule has 7 heteroatoms. The highest BCUT2D eigenvalue weighted by atomic mass is 35.5. The van der Waals surface area contributed by atoms with E-state index in [0.29, 0.717) is 0 Å². The first-order valence-corrected chi connectivity index (χ1v) is 6.07. The molecule has 0 saturated carbocycles. The van der Waals surface area contributed by atoms with Crippen LogP contribution < -0.4 is 0 Å². The van der Waals surface area contributed by atoms with Crippen molar-refractivity contribution in [2.75, 3.05) is 0 Å². The molecule has 0 amide bonds. The van der Waals surface area contributed by atoms with E-state index in [1.165, 1.54) is 12.1 Å². The summed E-state index contributed by atoms with van der Waals surface area (Å²) < 4.78 is 13.1. The lowest BCUT2D eigenvalue weighted by atomic mass is 10.1. The van der Waals surface area contributed by atoms with Crippen molar-refractivity contribution in [3.63, 3.8) is 0 Å². The van der Waals surface area contributed by atoms with Crippen molar-refractivity contribution in [3.8, 4) is 11.3 Å². The van der Waals surface area contributed by atoms with Crippen LogP contribution in [-0.2, 0) is 0 Å². The maximum atomic E-state index is 13.1. The first-order valence-electron chi connectivity index (χ1n) is 4.94. The molecule has 0 saturated heterocycles. The predicted molar refractivity (Wildman–Crippen MR) is 71.6 cm³/mol. The van der Waals surface area contributed by atoms with E-state index in [9.17, 15) is 9.18 Å². The molecule has 0 unspecified atom stereocenters. The molecule has 19 heavy (non-hydrogen) atoms. The Hall–Kier alpha value is -1.36. The fraction of sp³-hybridized carbons (Fsp3) is 0. The number of pyridine rings is 1. The largest absolute Gasteiger partial charge is 0.478 e. The predicted octanol–water partition coefficient (Wildman–Crippen LogP) is 4.55. The molecule has 0 atom stereocenters. The monoisotopic (exact) mass is 319 g/mol. The number of hydrogen-bond acceptors (Lipinski definition) is 2. The molecule has 1 aromatic heterocycles. The molecule has 0 spiro atoms. The van der Waals surface area contributed by atoms with E-state index in [1.807, 2.05) is 0 Å². The molecule has 1 aromatic carbocycles. The molecule has 3 nitrogen and oxygen atoms in total. The maximum absolute atomic E-state index is 13.1. The van der Waals surface area contributed by atoms with Crippen LogP contribution in [0.1, 0.15) is 10.4 Å². The van der Waals surface area contributed by atoms with Gasteiger partial charge in [-0.05, 0) is 18.2 Å². The Bertz CT molecular complexity index is 676. The van der Waals surface area contributed by atoms with Crippen molar-refractivity contribution in [1.82, 2.24) is 4.98 Å². The second-order valence-electron chi connectivity index (χ2n) is 3.60. The molecule has 0 aliphatic rings. The molecular formula is C12H5Cl3FNO2. The van der Waals surface area contributed by atoms with Gasteiger partial charge in [0.15, 0.2) is 0 Å². The van der Waals surface area contributed by atoms with E-state index in [-0.39, 0.29) is 31.9 Å². The minimum absolute atomic E-state index is 0.0254. The number of carboxylic acid groups (broad SMARTS) is 1. The summed E-state index contributed by atoms with van der Waals surface area (Å²) in [6, 6.07) is 3.62. The molecule has 0 fully saturated rings. The number of halogens is 4. The third-order valence-electron chi connectivity index (χ3n) is 2.35. The van der Waals surface area contributed by atoms with E-state index in [1.54, 1.807) is 0 Å². The topological polar surface area (TPSA) is 50.2 Å². The van der Waals surface area contributed by atoms with Crippen LogP contribution in [0.5, 0.6) is 0 Å². The van der Waals surface area contributed by atoms with Crippen molar-refractivity contribution in [1.29, 1.82) is 0 Å². The number of hydrogen-bond donors (Lipinski definition) is 1. The van der Waals surface area contributed by atoms with Gasteiger partial charge in [0.05, 0.1) is 32.5 Å². The van der Waals surface area contributed by atoms with Crippen LogP contribution >= 0.6 is 34.8 Å². The second-order valence-corrected chi connectivity index (χ2v) is 4.82. The zero-order valence-corrected chi connectivity index (χ0v) is 11.4. The van der Waals surface area contributed by atoms with Gasteiger partial charge in [-0.2, -0.15) is 0 Å². The fourth-order valence-electron chi connectivity index (χ4n) is 1.52. The molecule has 1 N–H and O–H groups in total. The Balaban J connectivity index is 2.72. The number of nitrogens with zero attached hydrogens (tertiary/aromatic N) is 1. The summed E-state index contributed by atoms with van der Waals surface area (Å²) in [6.07, 6.45) is 0.903. The number of carbonyl (C=O) groups is 1. The van der Waals surface area contributed by atoms with Gasteiger partial charge in [-0.1, -0.05) is 34.8 Å². The van der Waals surface area contributed by atoms with Crippen molar-refractivity contribution in [2.45, 2.75) is 0 Å². The number of aromatic nitrogens is 1. The lowest BCUT2D eigenvalue weighted by molar-refractivity contribution is 0.0697. The lowest BCUT2D eigenvalue weighted by Crippen LogP contribution is -2.03. The van der Waals surface area contributed by atoms with Crippen LogP contribution in [0.2, 0.25) is 15.1 Å². The van der Waals surface area contributed by atoms with Crippen LogP contribution in [0.25, 0.3) is 11.3 Å². The SMILES string of the molecule is O=C(O)c1cc(F)cnc1-c1cc(Cl)c(Cl)cc1Cl. The Morgan fingerprint density at radius 1 is 1.11 bits per heavy atom. The number of rotatable bonds is 2. The van der Waals surface area contributed by atoms with E-state index < -0.39 is 11.8 Å². The summed E-state index contributed by atoms with van der Waals surface area (Å²) in [6.45, 7) is 0. The fourth-order valence-corrected chi connectivity index (χ4v) is 2.16. The van der Waals surface area contributed by atoms with Gasteiger partial charge in [-0.25, -0.2) is 9.18 Å². The maximum Gasteiger partial charge on any atom is 0.338 e. The van der Waals surface area contributed by atoms with Crippen molar-refractivity contribution < 1.29 is 14.3 Å². The second kappa shape index (κ2) is 5.33. The highest BCUT2D eigenvalue weighted by Crippen LogP contribution is 2.35. The first-order chi connectivity index (χ1) is 8.90. The summed E-state index contributed by atoms with van der Waals surface area (Å²) in [5.41, 5.74) is -0.00813. The standard InChI is InChI=1S/C12H5Cl3FNO2/c13-8-3-10(15)9(14)2-6(8)11-7(12(18)19)1-5(16)4-17-11/h1-4H,(H,18,19). The van der Waals surface area contributed by atoms with Gasteiger partial charge in [0.1, 0.15) is 5.82 Å². The average molecular weight is 321 g/mol. The third-order valence-corrected chi connectivity index (χ3v) is 3.38. The zero-order valence-electron chi connectivity index (χ0n) is 9.12. The van der Waals surface area contributed by atoms with E-state index in [4.69, 9.17) is 39.9 Å². The van der Waals surface area contributed by atoms with Gasteiger partial charge in [0, 0.05) is 5.56 Å². The van der Waals surface area contributed by atoms with Crippen molar-refractivity contribution in [3.05, 3.63) is 50.8 Å². The van der Waals surface area contributed by atoms with Gasteiger partial charge in [-0.15, -0.1) is 0 Å². The van der Waals surface area contributed by atoms with Gasteiger partial charge >= 0.3 is 5.97 Å². The van der Waals surface area contributed by atoms with Crippen molar-refractivity contribution in [2.24, 2.45) is 0 Å². The van der Waals surface area contributed by atoms with E-state index in [2.05, 4.69) is 4.98 Å². The molecule has 1 heterocycles. The summed E-state index contributed by atoms with van der Waals surface area (Å²) in [7, 11) is 0. The summed E-state index contributed by atoms with van der Waals surface area (Å²) >= 11 is 17.6. The van der Waals surface area contributed by atoms with Crippen LogP contribution in [0, 0.1) is 5.82 Å². The smallest absolute Gasteiger partial charge is 0.338 e. The molecule has 2 rings (SSSR count). The first kappa shape index (κ1) is 14.1. The van der Waals surface area contributed by atoms with E-state index in [0.717, 1.165) is 12.3 Å². The van der Waals surface area contributed by atoms with Crippen LogP contribution in [0.3, 0.4) is 0 Å². The molecule has 0 aliphatic heterocycles. The van der Waals surface area contributed by atoms with Crippen LogP contribution in [-0.4, -0.2) is 16.1 Å². The summed E-state index contributed by atoms with van der Waals surface area (Å²) in [5.74, 6) is -2.07. The van der Waals surface area contributed by atoms with Gasteiger partial charge in [0.2, 0.25) is 0 Å². The number of aromatic carboxylic acids is 1. The molecular weight excluding hydrogens is 315 g/mol. The molecule has 2 aromatic rings. The Labute approximate surface area is 122 Å². The zero-order chi connectivity index (χ0) is 14.2. The third kappa shape index (κ3) is 2.81. The normalized spacial score (nSPS) is 10.5. The van der Waals surface area contributed by atoms with Gasteiger partial charge in [0.25, 0.3) is 0 Å². The summed E-state index contributed by atoms with van der Waals surface area (Å²) in [5, 5.41) is 9.66. The van der Waals surface area contributed by atoms with Crippen molar-refractivity contribution >= 4 is 40.8 Å².